The Bertz CT molecular complexity index is 729. The molecule has 2 rings (SSSR count). The Kier molecular flexibility index (Phi) is 7.19. The van der Waals surface area contributed by atoms with Gasteiger partial charge in [0.05, 0.1) is 10.6 Å². The van der Waals surface area contributed by atoms with E-state index in [0.29, 0.717) is 19.0 Å². The average Bonchev–Trinajstić information content (AvgIpc) is 3.01. The summed E-state index contributed by atoms with van der Waals surface area (Å²) in [4.78, 5) is 13.3. The Labute approximate surface area is 154 Å². The largest absolute Gasteiger partial charge is 0.419 e. The fourth-order valence-corrected chi connectivity index (χ4v) is 2.95. The molecule has 0 amide bonds. The summed E-state index contributed by atoms with van der Waals surface area (Å²) in [7, 11) is 1.64. The summed E-state index contributed by atoms with van der Waals surface area (Å²) in [6.07, 6.45) is -0.493. The van der Waals surface area contributed by atoms with Crippen LogP contribution in [0.1, 0.15) is 15.4 Å². The van der Waals surface area contributed by atoms with Crippen molar-refractivity contribution in [2.75, 3.05) is 32.0 Å². The number of aryl methyl sites for hydroxylation is 1. The van der Waals surface area contributed by atoms with Gasteiger partial charge in [-0.3, -0.25) is 4.99 Å². The van der Waals surface area contributed by atoms with Crippen LogP contribution in [-0.2, 0) is 12.6 Å². The minimum atomic E-state index is -4.43. The number of nitrogens with zero attached hydrogens (tertiary/aromatic N) is 3. The molecular formula is C16H21F3N6S. The molecule has 0 radical (unpaired) electrons. The van der Waals surface area contributed by atoms with Crippen molar-refractivity contribution in [1.29, 1.82) is 0 Å². The Balaban J connectivity index is 1.73. The zero-order valence-corrected chi connectivity index (χ0v) is 15.3. The molecule has 10 heteroatoms. The van der Waals surface area contributed by atoms with Gasteiger partial charge in [-0.25, -0.2) is 9.97 Å². The lowest BCUT2D eigenvalue weighted by Crippen LogP contribution is -2.40. The Morgan fingerprint density at radius 3 is 2.62 bits per heavy atom. The number of rotatable bonds is 7. The first-order valence-electron chi connectivity index (χ1n) is 8.02. The number of thiazole rings is 1. The Morgan fingerprint density at radius 2 is 1.96 bits per heavy atom. The van der Waals surface area contributed by atoms with Gasteiger partial charge < -0.3 is 16.0 Å². The third kappa shape index (κ3) is 6.17. The zero-order chi connectivity index (χ0) is 19.0. The van der Waals surface area contributed by atoms with Gasteiger partial charge in [-0.15, -0.1) is 11.3 Å². The van der Waals surface area contributed by atoms with Crippen LogP contribution in [0.3, 0.4) is 0 Å². The van der Waals surface area contributed by atoms with Crippen molar-refractivity contribution in [1.82, 2.24) is 20.6 Å². The van der Waals surface area contributed by atoms with E-state index >= 15 is 0 Å². The maximum atomic E-state index is 12.9. The molecule has 26 heavy (non-hydrogen) atoms. The van der Waals surface area contributed by atoms with E-state index in [4.69, 9.17) is 0 Å². The van der Waals surface area contributed by atoms with E-state index in [1.807, 2.05) is 13.1 Å². The highest BCUT2D eigenvalue weighted by Crippen LogP contribution is 2.33. The van der Waals surface area contributed by atoms with Gasteiger partial charge in [-0.1, -0.05) is 0 Å². The fraction of sp³-hybridized carbons (Fsp3) is 0.438. The molecule has 2 aromatic heterocycles. The predicted molar refractivity (Wildman–Crippen MR) is 97.6 cm³/mol. The van der Waals surface area contributed by atoms with E-state index in [1.54, 1.807) is 18.4 Å². The van der Waals surface area contributed by atoms with Gasteiger partial charge >= 0.3 is 6.18 Å². The van der Waals surface area contributed by atoms with Gasteiger partial charge in [0.15, 0.2) is 5.96 Å². The first kappa shape index (κ1) is 20.0. The number of hydrogen-bond acceptors (Lipinski definition) is 5. The Hall–Kier alpha value is -2.36. The third-order valence-electron chi connectivity index (χ3n) is 3.35. The van der Waals surface area contributed by atoms with E-state index in [9.17, 15) is 13.2 Å². The minimum Gasteiger partial charge on any atom is -0.368 e. The van der Waals surface area contributed by atoms with Crippen molar-refractivity contribution in [3.05, 3.63) is 40.0 Å². The average molecular weight is 386 g/mol. The normalized spacial score (nSPS) is 12.1. The summed E-state index contributed by atoms with van der Waals surface area (Å²) in [5, 5.41) is 9.93. The van der Waals surface area contributed by atoms with Crippen LogP contribution in [0, 0.1) is 6.92 Å². The van der Waals surface area contributed by atoms with Crippen LogP contribution in [0.2, 0.25) is 0 Å². The number of halogens is 3. The standard InChI is InChI=1S/C16H21F3N6S/c1-11-10-25-13(26-11)5-7-23-15(20-2)24-9-8-22-14-12(16(17,18)19)4-3-6-21-14/h3-4,6,10H,5,7-9H2,1-2H3,(H,21,22)(H2,20,23,24). The number of aliphatic imine (C=N–C) groups is 1. The number of anilines is 1. The monoisotopic (exact) mass is 386 g/mol. The number of hydrogen-bond donors (Lipinski definition) is 3. The van der Waals surface area contributed by atoms with E-state index in [-0.39, 0.29) is 12.4 Å². The van der Waals surface area contributed by atoms with Crippen LogP contribution in [-0.4, -0.2) is 42.6 Å². The van der Waals surface area contributed by atoms with E-state index in [1.165, 1.54) is 17.1 Å². The van der Waals surface area contributed by atoms with Crippen molar-refractivity contribution in [2.24, 2.45) is 4.99 Å². The van der Waals surface area contributed by atoms with Crippen LogP contribution in [0.5, 0.6) is 0 Å². The Morgan fingerprint density at radius 1 is 1.19 bits per heavy atom. The smallest absolute Gasteiger partial charge is 0.368 e. The maximum Gasteiger partial charge on any atom is 0.419 e. The fourth-order valence-electron chi connectivity index (χ4n) is 2.16. The zero-order valence-electron chi connectivity index (χ0n) is 14.5. The third-order valence-corrected chi connectivity index (χ3v) is 4.32. The van der Waals surface area contributed by atoms with Crippen molar-refractivity contribution in [2.45, 2.75) is 19.5 Å². The summed E-state index contributed by atoms with van der Waals surface area (Å²) in [6, 6.07) is 2.27. The summed E-state index contributed by atoms with van der Waals surface area (Å²) >= 11 is 1.65. The van der Waals surface area contributed by atoms with Gasteiger partial charge in [0, 0.05) is 50.4 Å². The molecule has 142 valence electrons. The quantitative estimate of drug-likeness (QED) is 0.388. The molecule has 0 aromatic carbocycles. The molecular weight excluding hydrogens is 365 g/mol. The second kappa shape index (κ2) is 9.37. The predicted octanol–water partition coefficient (Wildman–Crippen LogP) is 2.68. The van der Waals surface area contributed by atoms with E-state index in [2.05, 4.69) is 30.9 Å². The molecule has 0 saturated heterocycles. The molecule has 2 aromatic rings. The molecule has 0 fully saturated rings. The molecule has 0 aliphatic carbocycles. The number of aromatic nitrogens is 2. The second-order valence-electron chi connectivity index (χ2n) is 5.36. The van der Waals surface area contributed by atoms with E-state index in [0.717, 1.165) is 17.5 Å². The highest BCUT2D eigenvalue weighted by atomic mass is 32.1. The number of alkyl halides is 3. The lowest BCUT2D eigenvalue weighted by Gasteiger charge is -2.14. The van der Waals surface area contributed by atoms with Gasteiger partial charge in [-0.2, -0.15) is 13.2 Å². The van der Waals surface area contributed by atoms with Crippen LogP contribution >= 0.6 is 11.3 Å². The summed E-state index contributed by atoms with van der Waals surface area (Å²) in [5.74, 6) is 0.404. The van der Waals surface area contributed by atoms with Crippen LogP contribution in [0.25, 0.3) is 0 Å². The van der Waals surface area contributed by atoms with Gasteiger partial charge in [0.1, 0.15) is 5.82 Å². The SMILES string of the molecule is CN=C(NCCNc1ncccc1C(F)(F)F)NCCc1ncc(C)s1. The molecule has 0 bridgehead atoms. The summed E-state index contributed by atoms with van der Waals surface area (Å²) in [6.45, 7) is 3.34. The molecule has 0 aliphatic rings. The van der Waals surface area contributed by atoms with Crippen molar-refractivity contribution >= 4 is 23.1 Å². The topological polar surface area (TPSA) is 74.2 Å². The van der Waals surface area contributed by atoms with Crippen LogP contribution in [0.15, 0.2) is 29.5 Å². The lowest BCUT2D eigenvalue weighted by molar-refractivity contribution is -0.137. The summed E-state index contributed by atoms with van der Waals surface area (Å²) in [5.41, 5.74) is -0.777. The molecule has 6 nitrogen and oxygen atoms in total. The van der Waals surface area contributed by atoms with Crippen LogP contribution in [0.4, 0.5) is 19.0 Å². The molecule has 0 atom stereocenters. The van der Waals surface area contributed by atoms with Crippen molar-refractivity contribution < 1.29 is 13.2 Å². The number of pyridine rings is 1. The number of guanidine groups is 1. The lowest BCUT2D eigenvalue weighted by atomic mass is 10.2. The molecule has 0 aliphatic heterocycles. The number of nitrogens with one attached hydrogen (secondary N) is 3. The second-order valence-corrected chi connectivity index (χ2v) is 6.68. The molecule has 2 heterocycles. The van der Waals surface area contributed by atoms with Gasteiger partial charge in [0.2, 0.25) is 0 Å². The molecule has 3 N–H and O–H groups in total. The first-order valence-corrected chi connectivity index (χ1v) is 8.83. The highest BCUT2D eigenvalue weighted by Gasteiger charge is 2.33. The van der Waals surface area contributed by atoms with Gasteiger partial charge in [0.25, 0.3) is 0 Å². The van der Waals surface area contributed by atoms with E-state index < -0.39 is 11.7 Å². The minimum absolute atomic E-state index is 0.177. The molecule has 0 unspecified atom stereocenters. The highest BCUT2D eigenvalue weighted by molar-refractivity contribution is 7.11. The van der Waals surface area contributed by atoms with Crippen molar-refractivity contribution in [3.63, 3.8) is 0 Å². The molecule has 0 spiro atoms. The van der Waals surface area contributed by atoms with Crippen LogP contribution < -0.4 is 16.0 Å². The summed E-state index contributed by atoms with van der Waals surface area (Å²) < 4.78 is 38.7. The van der Waals surface area contributed by atoms with Gasteiger partial charge in [-0.05, 0) is 19.1 Å². The maximum absolute atomic E-state index is 12.9. The van der Waals surface area contributed by atoms with Crippen molar-refractivity contribution in [3.8, 4) is 0 Å². The molecule has 0 saturated carbocycles. The first-order chi connectivity index (χ1) is 12.4.